The van der Waals surface area contributed by atoms with Crippen molar-refractivity contribution in [3.63, 3.8) is 0 Å². The molecular formula is C14H17NO3. The van der Waals surface area contributed by atoms with Gasteiger partial charge in [0.1, 0.15) is 5.41 Å². The van der Waals surface area contributed by atoms with E-state index in [9.17, 15) is 9.59 Å². The summed E-state index contributed by atoms with van der Waals surface area (Å²) in [6, 6.07) is 5.69. The van der Waals surface area contributed by atoms with Crippen molar-refractivity contribution in [1.82, 2.24) is 0 Å². The van der Waals surface area contributed by atoms with Crippen LogP contribution in [0.3, 0.4) is 0 Å². The highest BCUT2D eigenvalue weighted by Crippen LogP contribution is 2.47. The van der Waals surface area contributed by atoms with Gasteiger partial charge in [-0.2, -0.15) is 0 Å². The lowest BCUT2D eigenvalue weighted by Crippen LogP contribution is -2.32. The fourth-order valence-electron chi connectivity index (χ4n) is 1.91. The standard InChI is InChI=1S/C14H17NO3/c1-9-4-5-11(8-10(9)2)15-12(16)14(6-7-14)13(17)18-3/h4-5,8H,6-7H2,1-3H3,(H,15,16). The van der Waals surface area contributed by atoms with Gasteiger partial charge >= 0.3 is 5.97 Å². The van der Waals surface area contributed by atoms with E-state index in [0.29, 0.717) is 12.8 Å². The largest absolute Gasteiger partial charge is 0.468 e. The van der Waals surface area contributed by atoms with E-state index in [1.165, 1.54) is 12.7 Å². The molecular weight excluding hydrogens is 230 g/mol. The molecule has 0 spiro atoms. The number of methoxy groups -OCH3 is 1. The molecule has 0 heterocycles. The first-order valence-corrected chi connectivity index (χ1v) is 5.97. The Kier molecular flexibility index (Phi) is 3.11. The van der Waals surface area contributed by atoms with Crippen LogP contribution in [-0.2, 0) is 14.3 Å². The number of anilines is 1. The maximum Gasteiger partial charge on any atom is 0.321 e. The van der Waals surface area contributed by atoms with Gasteiger partial charge in [0, 0.05) is 5.69 Å². The highest BCUT2D eigenvalue weighted by Gasteiger charge is 2.57. The van der Waals surface area contributed by atoms with Gasteiger partial charge in [0.15, 0.2) is 0 Å². The molecule has 1 amide bonds. The summed E-state index contributed by atoms with van der Waals surface area (Å²) in [5, 5.41) is 2.79. The fourth-order valence-corrected chi connectivity index (χ4v) is 1.91. The molecule has 4 nitrogen and oxygen atoms in total. The number of carbonyl (C=O) groups excluding carboxylic acids is 2. The van der Waals surface area contributed by atoms with Gasteiger partial charge in [0.25, 0.3) is 0 Å². The van der Waals surface area contributed by atoms with Crippen LogP contribution in [0.25, 0.3) is 0 Å². The molecule has 1 fully saturated rings. The summed E-state index contributed by atoms with van der Waals surface area (Å²) in [6.45, 7) is 4.00. The highest BCUT2D eigenvalue weighted by atomic mass is 16.5. The number of esters is 1. The SMILES string of the molecule is COC(=O)C1(C(=O)Nc2ccc(C)c(C)c2)CC1. The summed E-state index contributed by atoms with van der Waals surface area (Å²) in [6.07, 6.45) is 1.13. The molecule has 1 aromatic carbocycles. The summed E-state index contributed by atoms with van der Waals surface area (Å²) in [4.78, 5) is 23.6. The monoisotopic (exact) mass is 247 g/mol. The van der Waals surface area contributed by atoms with Gasteiger partial charge in [-0.15, -0.1) is 0 Å². The van der Waals surface area contributed by atoms with Gasteiger partial charge < -0.3 is 10.1 Å². The molecule has 1 N–H and O–H groups in total. The van der Waals surface area contributed by atoms with Crippen LogP contribution in [0, 0.1) is 19.3 Å². The van der Waals surface area contributed by atoms with E-state index in [4.69, 9.17) is 0 Å². The summed E-state index contributed by atoms with van der Waals surface area (Å²) in [5.74, 6) is -0.707. The zero-order valence-electron chi connectivity index (χ0n) is 10.9. The maximum absolute atomic E-state index is 12.1. The molecule has 0 radical (unpaired) electrons. The third kappa shape index (κ3) is 2.10. The minimum absolute atomic E-state index is 0.266. The average Bonchev–Trinajstić information content (AvgIpc) is 3.14. The number of amides is 1. The molecule has 2 rings (SSSR count). The third-order valence-corrected chi connectivity index (χ3v) is 3.53. The van der Waals surface area contributed by atoms with Crippen LogP contribution in [0.5, 0.6) is 0 Å². The molecule has 4 heteroatoms. The van der Waals surface area contributed by atoms with Crippen molar-refractivity contribution in [3.8, 4) is 0 Å². The zero-order chi connectivity index (χ0) is 13.3. The molecule has 0 unspecified atom stereocenters. The molecule has 1 aliphatic carbocycles. The Morgan fingerprint density at radius 2 is 1.89 bits per heavy atom. The number of carbonyl (C=O) groups is 2. The van der Waals surface area contributed by atoms with Crippen LogP contribution in [0.15, 0.2) is 18.2 Å². The minimum atomic E-state index is -0.951. The Labute approximate surface area is 106 Å². The molecule has 1 aromatic rings. The Hall–Kier alpha value is -1.84. The number of aryl methyl sites for hydroxylation is 2. The molecule has 0 aliphatic heterocycles. The second-order valence-corrected chi connectivity index (χ2v) is 4.83. The Morgan fingerprint density at radius 3 is 2.39 bits per heavy atom. The molecule has 1 aliphatic rings. The Morgan fingerprint density at radius 1 is 1.22 bits per heavy atom. The van der Waals surface area contributed by atoms with E-state index in [2.05, 4.69) is 10.1 Å². The van der Waals surface area contributed by atoms with Crippen molar-refractivity contribution < 1.29 is 14.3 Å². The van der Waals surface area contributed by atoms with Gasteiger partial charge in [-0.1, -0.05) is 6.07 Å². The lowest BCUT2D eigenvalue weighted by molar-refractivity contribution is -0.150. The topological polar surface area (TPSA) is 55.4 Å². The summed E-state index contributed by atoms with van der Waals surface area (Å²) in [7, 11) is 1.31. The Bertz CT molecular complexity index is 504. The molecule has 1 saturated carbocycles. The first kappa shape index (κ1) is 12.6. The average molecular weight is 247 g/mol. The van der Waals surface area contributed by atoms with Crippen molar-refractivity contribution in [2.45, 2.75) is 26.7 Å². The predicted octanol–water partition coefficient (Wildman–Crippen LogP) is 2.20. The van der Waals surface area contributed by atoms with Crippen molar-refractivity contribution in [2.75, 3.05) is 12.4 Å². The van der Waals surface area contributed by atoms with Crippen molar-refractivity contribution in [3.05, 3.63) is 29.3 Å². The van der Waals surface area contributed by atoms with E-state index >= 15 is 0 Å². The van der Waals surface area contributed by atoms with Crippen molar-refractivity contribution in [2.24, 2.45) is 5.41 Å². The Balaban J connectivity index is 2.12. The summed E-state index contributed by atoms with van der Waals surface area (Å²) in [5.41, 5.74) is 2.05. The third-order valence-electron chi connectivity index (χ3n) is 3.53. The summed E-state index contributed by atoms with van der Waals surface area (Å²) >= 11 is 0. The van der Waals surface area contributed by atoms with E-state index in [1.54, 1.807) is 0 Å². The van der Waals surface area contributed by atoms with E-state index in [-0.39, 0.29) is 5.91 Å². The van der Waals surface area contributed by atoms with Crippen LogP contribution >= 0.6 is 0 Å². The predicted molar refractivity (Wildman–Crippen MR) is 68.2 cm³/mol. The quantitative estimate of drug-likeness (QED) is 0.658. The lowest BCUT2D eigenvalue weighted by Gasteiger charge is -2.13. The lowest BCUT2D eigenvalue weighted by atomic mass is 10.1. The summed E-state index contributed by atoms with van der Waals surface area (Å²) < 4.78 is 4.68. The van der Waals surface area contributed by atoms with Crippen LogP contribution < -0.4 is 5.32 Å². The van der Waals surface area contributed by atoms with Crippen molar-refractivity contribution >= 4 is 17.6 Å². The van der Waals surface area contributed by atoms with Gasteiger partial charge in [-0.25, -0.2) is 0 Å². The minimum Gasteiger partial charge on any atom is -0.468 e. The maximum atomic E-state index is 12.1. The van der Waals surface area contributed by atoms with Gasteiger partial charge in [0.2, 0.25) is 5.91 Å². The van der Waals surface area contributed by atoms with Crippen molar-refractivity contribution in [1.29, 1.82) is 0 Å². The van der Waals surface area contributed by atoms with E-state index in [0.717, 1.165) is 11.3 Å². The van der Waals surface area contributed by atoms with Gasteiger partial charge in [-0.3, -0.25) is 9.59 Å². The number of hydrogen-bond acceptors (Lipinski definition) is 3. The number of benzene rings is 1. The van der Waals surface area contributed by atoms with E-state index < -0.39 is 11.4 Å². The second kappa shape index (κ2) is 4.44. The second-order valence-electron chi connectivity index (χ2n) is 4.83. The smallest absolute Gasteiger partial charge is 0.321 e. The van der Waals surface area contributed by atoms with E-state index in [1.807, 2.05) is 32.0 Å². The number of hydrogen-bond donors (Lipinski definition) is 1. The zero-order valence-corrected chi connectivity index (χ0v) is 10.9. The van der Waals surface area contributed by atoms with Crippen LogP contribution in [0.1, 0.15) is 24.0 Å². The molecule has 0 bridgehead atoms. The van der Waals surface area contributed by atoms with Crippen LogP contribution in [-0.4, -0.2) is 19.0 Å². The number of ether oxygens (including phenoxy) is 1. The van der Waals surface area contributed by atoms with Crippen LogP contribution in [0.4, 0.5) is 5.69 Å². The molecule has 0 aromatic heterocycles. The fraction of sp³-hybridized carbons (Fsp3) is 0.429. The molecule has 0 atom stereocenters. The van der Waals surface area contributed by atoms with Gasteiger partial charge in [-0.05, 0) is 49.9 Å². The number of rotatable bonds is 3. The molecule has 96 valence electrons. The first-order valence-electron chi connectivity index (χ1n) is 5.97. The molecule has 18 heavy (non-hydrogen) atoms. The first-order chi connectivity index (χ1) is 8.49. The van der Waals surface area contributed by atoms with Gasteiger partial charge in [0.05, 0.1) is 7.11 Å². The number of nitrogens with one attached hydrogen (secondary N) is 1. The normalized spacial score (nSPS) is 15.9. The van der Waals surface area contributed by atoms with Crippen LogP contribution in [0.2, 0.25) is 0 Å². The highest BCUT2D eigenvalue weighted by molar-refractivity contribution is 6.11. The molecule has 0 saturated heterocycles.